The molecule has 1 unspecified atom stereocenters. The molecule has 6 heteroatoms. The van der Waals surface area contributed by atoms with Gasteiger partial charge in [0.05, 0.1) is 13.2 Å². The normalized spacial score (nSPS) is 18.5. The van der Waals surface area contributed by atoms with E-state index in [0.717, 1.165) is 31.2 Å². The van der Waals surface area contributed by atoms with Crippen LogP contribution in [0, 0.1) is 0 Å². The van der Waals surface area contributed by atoms with Gasteiger partial charge in [0.2, 0.25) is 0 Å². The number of hydrogen-bond acceptors (Lipinski definition) is 3. The van der Waals surface area contributed by atoms with Crippen LogP contribution >= 0.6 is 11.6 Å². The summed E-state index contributed by atoms with van der Waals surface area (Å²) in [6.07, 6.45) is 4.06. The molecule has 1 heterocycles. The maximum atomic E-state index is 12.4. The lowest BCUT2D eigenvalue weighted by molar-refractivity contribution is -0.139. The highest BCUT2D eigenvalue weighted by Gasteiger charge is 2.26. The molecule has 0 aliphatic carbocycles. The van der Waals surface area contributed by atoms with Crippen molar-refractivity contribution in [3.05, 3.63) is 34.9 Å². The van der Waals surface area contributed by atoms with Crippen molar-refractivity contribution in [1.29, 1.82) is 0 Å². The summed E-state index contributed by atoms with van der Waals surface area (Å²) in [5.74, 6) is -0.453. The molecule has 22 heavy (non-hydrogen) atoms. The van der Waals surface area contributed by atoms with Crippen LogP contribution in [0.1, 0.15) is 37.3 Å². The number of esters is 1. The predicted molar refractivity (Wildman–Crippen MR) is 84.8 cm³/mol. The van der Waals surface area contributed by atoms with Gasteiger partial charge >= 0.3 is 12.0 Å². The van der Waals surface area contributed by atoms with Crippen LogP contribution in [-0.4, -0.2) is 37.1 Å². The first-order valence-corrected chi connectivity index (χ1v) is 7.86. The van der Waals surface area contributed by atoms with Crippen LogP contribution in [0.15, 0.2) is 24.3 Å². The van der Waals surface area contributed by atoms with E-state index < -0.39 is 5.97 Å². The number of urea groups is 1. The zero-order chi connectivity index (χ0) is 15.9. The van der Waals surface area contributed by atoms with E-state index in [2.05, 4.69) is 10.1 Å². The van der Waals surface area contributed by atoms with E-state index in [-0.39, 0.29) is 18.6 Å². The van der Waals surface area contributed by atoms with Crippen molar-refractivity contribution in [3.8, 4) is 0 Å². The highest BCUT2D eigenvalue weighted by Crippen LogP contribution is 2.30. The molecule has 2 rings (SSSR count). The summed E-state index contributed by atoms with van der Waals surface area (Å²) < 4.78 is 4.55. The number of carbonyl (C=O) groups is 2. The molecule has 1 aliphatic rings. The number of halogens is 1. The van der Waals surface area contributed by atoms with Gasteiger partial charge in [-0.15, -0.1) is 0 Å². The summed E-state index contributed by atoms with van der Waals surface area (Å²) >= 11 is 5.94. The van der Waals surface area contributed by atoms with Gasteiger partial charge in [0.15, 0.2) is 0 Å². The Kier molecular flexibility index (Phi) is 6.07. The Morgan fingerprint density at radius 2 is 2.00 bits per heavy atom. The number of rotatable bonds is 3. The number of nitrogens with one attached hydrogen (secondary N) is 1. The number of benzene rings is 1. The Morgan fingerprint density at radius 1 is 1.27 bits per heavy atom. The van der Waals surface area contributed by atoms with Gasteiger partial charge in [0.1, 0.15) is 6.54 Å². The van der Waals surface area contributed by atoms with Gasteiger partial charge < -0.3 is 15.0 Å². The Labute approximate surface area is 135 Å². The van der Waals surface area contributed by atoms with E-state index >= 15 is 0 Å². The first kappa shape index (κ1) is 16.6. The molecule has 0 bridgehead atoms. The molecule has 0 radical (unpaired) electrons. The molecule has 1 atom stereocenters. The fourth-order valence-electron chi connectivity index (χ4n) is 2.70. The third-order valence-corrected chi connectivity index (χ3v) is 4.13. The second-order valence-corrected chi connectivity index (χ2v) is 5.78. The predicted octanol–water partition coefficient (Wildman–Crippen LogP) is 3.14. The fourth-order valence-corrected chi connectivity index (χ4v) is 2.83. The largest absolute Gasteiger partial charge is 0.468 e. The van der Waals surface area contributed by atoms with Gasteiger partial charge in [-0.3, -0.25) is 4.79 Å². The first-order chi connectivity index (χ1) is 10.6. The Balaban J connectivity index is 2.11. The number of hydrogen-bond donors (Lipinski definition) is 1. The van der Waals surface area contributed by atoms with Crippen LogP contribution in [0.3, 0.4) is 0 Å². The number of likely N-dealkylation sites (tertiary alicyclic amines) is 1. The van der Waals surface area contributed by atoms with Crippen molar-refractivity contribution < 1.29 is 14.3 Å². The van der Waals surface area contributed by atoms with Crippen molar-refractivity contribution in [2.75, 3.05) is 20.2 Å². The zero-order valence-corrected chi connectivity index (χ0v) is 13.4. The molecule has 2 amide bonds. The Bertz CT molecular complexity index is 519. The molecule has 0 spiro atoms. The third-order valence-electron chi connectivity index (χ3n) is 3.88. The molecule has 1 N–H and O–H groups in total. The second kappa shape index (κ2) is 8.03. The van der Waals surface area contributed by atoms with Crippen LogP contribution < -0.4 is 5.32 Å². The zero-order valence-electron chi connectivity index (χ0n) is 12.7. The van der Waals surface area contributed by atoms with Gasteiger partial charge in [-0.05, 0) is 30.5 Å². The lowest BCUT2D eigenvalue weighted by Crippen LogP contribution is -2.44. The molecular formula is C16H21ClN2O3. The average Bonchev–Trinajstić information content (AvgIpc) is 2.79. The molecule has 1 aromatic rings. The van der Waals surface area contributed by atoms with E-state index in [1.54, 1.807) is 4.90 Å². The Hall–Kier alpha value is -1.75. The van der Waals surface area contributed by atoms with E-state index in [1.807, 2.05) is 24.3 Å². The number of nitrogens with zero attached hydrogens (tertiary/aromatic N) is 1. The summed E-state index contributed by atoms with van der Waals surface area (Å²) in [6.45, 7) is 0.569. The van der Waals surface area contributed by atoms with Crippen molar-refractivity contribution in [1.82, 2.24) is 10.2 Å². The van der Waals surface area contributed by atoms with Gasteiger partial charge in [0.25, 0.3) is 0 Å². The van der Waals surface area contributed by atoms with Crippen LogP contribution in [-0.2, 0) is 9.53 Å². The summed E-state index contributed by atoms with van der Waals surface area (Å²) in [5.41, 5.74) is 1.07. The maximum absolute atomic E-state index is 12.4. The van der Waals surface area contributed by atoms with Gasteiger partial charge in [0, 0.05) is 11.6 Å². The van der Waals surface area contributed by atoms with Gasteiger partial charge in [-0.2, -0.15) is 0 Å². The maximum Gasteiger partial charge on any atom is 0.325 e. The topological polar surface area (TPSA) is 58.6 Å². The number of amides is 2. The van der Waals surface area contributed by atoms with E-state index in [4.69, 9.17) is 11.6 Å². The van der Waals surface area contributed by atoms with E-state index in [0.29, 0.717) is 11.6 Å². The number of methoxy groups -OCH3 is 1. The summed E-state index contributed by atoms with van der Waals surface area (Å²) in [6, 6.07) is 7.38. The van der Waals surface area contributed by atoms with Crippen LogP contribution in [0.25, 0.3) is 0 Å². The smallest absolute Gasteiger partial charge is 0.325 e. The third kappa shape index (κ3) is 4.37. The van der Waals surface area contributed by atoms with E-state index in [9.17, 15) is 9.59 Å². The molecule has 1 aliphatic heterocycles. The number of ether oxygens (including phenoxy) is 1. The molecule has 1 aromatic carbocycles. The molecule has 5 nitrogen and oxygen atoms in total. The summed E-state index contributed by atoms with van der Waals surface area (Å²) in [5, 5.41) is 3.31. The van der Waals surface area contributed by atoms with Crippen molar-refractivity contribution in [3.63, 3.8) is 0 Å². The molecule has 0 aromatic heterocycles. The molecule has 1 fully saturated rings. The highest BCUT2D eigenvalue weighted by molar-refractivity contribution is 6.30. The molecular weight excluding hydrogens is 304 g/mol. The van der Waals surface area contributed by atoms with Crippen LogP contribution in [0.5, 0.6) is 0 Å². The highest BCUT2D eigenvalue weighted by atomic mass is 35.5. The molecule has 1 saturated heterocycles. The van der Waals surface area contributed by atoms with Crippen molar-refractivity contribution in [2.45, 2.75) is 31.7 Å². The van der Waals surface area contributed by atoms with E-state index in [1.165, 1.54) is 7.11 Å². The minimum atomic E-state index is -0.453. The quantitative estimate of drug-likeness (QED) is 0.869. The first-order valence-electron chi connectivity index (χ1n) is 7.48. The SMILES string of the molecule is COC(=O)CNC(=O)N1CCCCCC1c1ccc(Cl)cc1. The van der Waals surface area contributed by atoms with Crippen LogP contribution in [0.4, 0.5) is 4.79 Å². The number of carbonyl (C=O) groups excluding carboxylic acids is 2. The van der Waals surface area contributed by atoms with Gasteiger partial charge in [-0.25, -0.2) is 4.79 Å². The van der Waals surface area contributed by atoms with Crippen molar-refractivity contribution in [2.24, 2.45) is 0 Å². The lowest BCUT2D eigenvalue weighted by Gasteiger charge is -2.30. The van der Waals surface area contributed by atoms with Crippen LogP contribution in [0.2, 0.25) is 5.02 Å². The minimum absolute atomic E-state index is 0.0115. The summed E-state index contributed by atoms with van der Waals surface area (Å²) in [4.78, 5) is 25.4. The second-order valence-electron chi connectivity index (χ2n) is 5.34. The standard InChI is InChI=1S/C16H21ClN2O3/c1-22-15(20)11-18-16(21)19-10-4-2-3-5-14(19)12-6-8-13(17)9-7-12/h6-9,14H,2-5,10-11H2,1H3,(H,18,21). The fraction of sp³-hybridized carbons (Fsp3) is 0.500. The molecule has 120 valence electrons. The average molecular weight is 325 g/mol. The van der Waals surface area contributed by atoms with Gasteiger partial charge in [-0.1, -0.05) is 36.6 Å². The summed E-state index contributed by atoms with van der Waals surface area (Å²) in [7, 11) is 1.30. The Morgan fingerprint density at radius 3 is 2.68 bits per heavy atom. The van der Waals surface area contributed by atoms with Crippen molar-refractivity contribution >= 4 is 23.6 Å². The molecule has 0 saturated carbocycles. The minimum Gasteiger partial charge on any atom is -0.468 e. The lowest BCUT2D eigenvalue weighted by atomic mass is 10.0. The monoisotopic (exact) mass is 324 g/mol.